The van der Waals surface area contributed by atoms with Gasteiger partial charge in [-0.25, -0.2) is 0 Å². The molecule has 244 valence electrons. The number of benzene rings is 8. The number of anilines is 2. The van der Waals surface area contributed by atoms with Gasteiger partial charge in [0.1, 0.15) is 0 Å². The van der Waals surface area contributed by atoms with Gasteiger partial charge in [0.05, 0.1) is 0 Å². The molecular weight excluding hydrogens is 627 g/mol. The van der Waals surface area contributed by atoms with E-state index in [1.165, 1.54) is 88.6 Å². The predicted octanol–water partition coefficient (Wildman–Crippen LogP) is 11.2. The molecule has 10 rings (SSSR count). The van der Waals surface area contributed by atoms with E-state index in [0.717, 1.165) is 0 Å². The first-order valence-electron chi connectivity index (χ1n) is 18.0. The number of para-hydroxylation sites is 2. The SMILES string of the molecule is CN1c2ccccc2B(n2c3c(-c4ccccc4)cc(-c4ccccc4)cc3c3cc(-c4ccccc4)cc(-c4ccccc4)c32)c2ccccc21. The summed E-state index contributed by atoms with van der Waals surface area (Å²) in [5.41, 5.74) is 17.2. The molecular formula is C49H35BN2. The van der Waals surface area contributed by atoms with Gasteiger partial charge >= 0.3 is 6.85 Å². The summed E-state index contributed by atoms with van der Waals surface area (Å²) in [6.07, 6.45) is 0. The highest BCUT2D eigenvalue weighted by Gasteiger charge is 2.37. The normalized spacial score (nSPS) is 12.2. The van der Waals surface area contributed by atoms with E-state index in [9.17, 15) is 0 Å². The molecule has 3 heteroatoms. The Hall–Kier alpha value is -6.58. The summed E-state index contributed by atoms with van der Waals surface area (Å²) in [6.45, 7) is -0.0707. The molecule has 0 radical (unpaired) electrons. The fourth-order valence-corrected chi connectivity index (χ4v) is 8.46. The van der Waals surface area contributed by atoms with Gasteiger partial charge in [-0.1, -0.05) is 158 Å². The van der Waals surface area contributed by atoms with Gasteiger partial charge in [0, 0.05) is 51.4 Å². The molecule has 0 saturated heterocycles. The van der Waals surface area contributed by atoms with E-state index in [4.69, 9.17) is 0 Å². The number of hydrogen-bond acceptors (Lipinski definition) is 1. The molecule has 0 N–H and O–H groups in total. The Morgan fingerprint density at radius 3 is 1.10 bits per heavy atom. The van der Waals surface area contributed by atoms with Crippen LogP contribution in [0.3, 0.4) is 0 Å². The fourth-order valence-electron chi connectivity index (χ4n) is 8.46. The highest BCUT2D eigenvalue weighted by Crippen LogP contribution is 2.45. The summed E-state index contributed by atoms with van der Waals surface area (Å²) in [5, 5.41) is 2.50. The van der Waals surface area contributed by atoms with Crippen molar-refractivity contribution in [3.05, 3.63) is 194 Å². The average Bonchev–Trinajstić information content (AvgIpc) is 3.55. The van der Waals surface area contributed by atoms with E-state index in [1.807, 2.05) is 0 Å². The minimum Gasteiger partial charge on any atom is -0.375 e. The fraction of sp³-hybridized carbons (Fsp3) is 0.0204. The number of hydrogen-bond donors (Lipinski definition) is 0. The van der Waals surface area contributed by atoms with Gasteiger partial charge in [-0.3, -0.25) is 0 Å². The molecule has 2 heterocycles. The Morgan fingerprint density at radius 1 is 0.346 bits per heavy atom. The summed E-state index contributed by atoms with van der Waals surface area (Å²) in [7, 11) is 2.20. The monoisotopic (exact) mass is 662 g/mol. The Morgan fingerprint density at radius 2 is 0.692 bits per heavy atom. The lowest BCUT2D eigenvalue weighted by Crippen LogP contribution is -2.54. The second kappa shape index (κ2) is 12.3. The molecule has 9 aromatic rings. The van der Waals surface area contributed by atoms with E-state index in [-0.39, 0.29) is 6.85 Å². The summed E-state index contributed by atoms with van der Waals surface area (Å²) < 4.78 is 2.68. The lowest BCUT2D eigenvalue weighted by Gasteiger charge is -2.35. The average molecular weight is 663 g/mol. The first kappa shape index (κ1) is 30.3. The molecule has 0 fully saturated rings. The van der Waals surface area contributed by atoms with Crippen LogP contribution in [0.15, 0.2) is 194 Å². The van der Waals surface area contributed by atoms with Crippen molar-refractivity contribution >= 4 is 51.0 Å². The van der Waals surface area contributed by atoms with Crippen molar-refractivity contribution in [3.8, 4) is 44.5 Å². The quantitative estimate of drug-likeness (QED) is 0.167. The number of rotatable bonds is 5. The van der Waals surface area contributed by atoms with Gasteiger partial charge in [-0.05, 0) is 80.7 Å². The molecule has 0 saturated carbocycles. The van der Waals surface area contributed by atoms with Crippen molar-refractivity contribution < 1.29 is 0 Å². The zero-order valence-electron chi connectivity index (χ0n) is 28.9. The molecule has 0 bridgehead atoms. The van der Waals surface area contributed by atoms with Crippen LogP contribution in [0.25, 0.3) is 66.3 Å². The molecule has 2 nitrogen and oxygen atoms in total. The maximum absolute atomic E-state index is 2.68. The lowest BCUT2D eigenvalue weighted by atomic mass is 9.47. The van der Waals surface area contributed by atoms with Crippen LogP contribution in [0, 0.1) is 0 Å². The van der Waals surface area contributed by atoms with Crippen molar-refractivity contribution in [2.75, 3.05) is 11.9 Å². The van der Waals surface area contributed by atoms with Gasteiger partial charge in [0.2, 0.25) is 0 Å². The Labute approximate surface area is 305 Å². The Kier molecular flexibility index (Phi) is 7.18. The lowest BCUT2D eigenvalue weighted by molar-refractivity contribution is 1.20. The Bertz CT molecular complexity index is 2550. The predicted molar refractivity (Wildman–Crippen MR) is 223 cm³/mol. The smallest absolute Gasteiger partial charge is 0.332 e. The molecule has 8 aromatic carbocycles. The van der Waals surface area contributed by atoms with Crippen LogP contribution in [0.4, 0.5) is 11.4 Å². The minimum atomic E-state index is -0.0707. The van der Waals surface area contributed by atoms with Crippen molar-refractivity contribution in [2.24, 2.45) is 0 Å². The minimum absolute atomic E-state index is 0.0707. The molecule has 1 aliphatic heterocycles. The molecule has 52 heavy (non-hydrogen) atoms. The molecule has 0 aliphatic carbocycles. The maximum Gasteiger partial charge on any atom is 0.332 e. The summed E-state index contributed by atoms with van der Waals surface area (Å²) >= 11 is 0. The first-order chi connectivity index (χ1) is 25.7. The van der Waals surface area contributed by atoms with Crippen LogP contribution in [0.5, 0.6) is 0 Å². The summed E-state index contributed by atoms with van der Waals surface area (Å²) in [6, 6.07) is 71.1. The Balaban J connectivity index is 1.45. The highest BCUT2D eigenvalue weighted by atomic mass is 15.1. The van der Waals surface area contributed by atoms with Crippen LogP contribution in [-0.4, -0.2) is 18.4 Å². The third-order valence-electron chi connectivity index (χ3n) is 10.8. The number of aromatic nitrogens is 1. The van der Waals surface area contributed by atoms with E-state index in [0.29, 0.717) is 0 Å². The standard InChI is InChI=1S/C49H35BN2/c1-51-46-28-16-14-26-44(46)50(45-27-15-17-29-47(45)51)52-48-40(36-22-10-4-11-23-36)30-38(34-18-6-2-7-19-34)32-42(48)43-33-39(35-20-8-3-9-21-35)31-41(49(43)52)37-24-12-5-13-25-37/h2-33H,1H3. The third kappa shape index (κ3) is 4.81. The topological polar surface area (TPSA) is 8.17 Å². The maximum atomic E-state index is 2.68. The summed E-state index contributed by atoms with van der Waals surface area (Å²) in [5.74, 6) is 0. The zero-order valence-corrected chi connectivity index (χ0v) is 28.9. The zero-order chi connectivity index (χ0) is 34.6. The third-order valence-corrected chi connectivity index (χ3v) is 10.8. The molecule has 0 amide bonds. The molecule has 0 spiro atoms. The largest absolute Gasteiger partial charge is 0.375 e. The van der Waals surface area contributed by atoms with Crippen LogP contribution < -0.4 is 15.8 Å². The van der Waals surface area contributed by atoms with E-state index in [1.54, 1.807) is 0 Å². The number of nitrogens with zero attached hydrogens (tertiary/aromatic N) is 2. The second-order valence-electron chi connectivity index (χ2n) is 13.8. The van der Waals surface area contributed by atoms with Crippen molar-refractivity contribution in [1.82, 2.24) is 4.48 Å². The highest BCUT2D eigenvalue weighted by molar-refractivity contribution is 6.88. The van der Waals surface area contributed by atoms with Gasteiger partial charge in [0.15, 0.2) is 0 Å². The van der Waals surface area contributed by atoms with Gasteiger partial charge in [-0.15, -0.1) is 0 Å². The summed E-state index contributed by atoms with van der Waals surface area (Å²) in [4.78, 5) is 2.35. The van der Waals surface area contributed by atoms with Crippen molar-refractivity contribution in [3.63, 3.8) is 0 Å². The van der Waals surface area contributed by atoms with Crippen LogP contribution in [0.2, 0.25) is 0 Å². The van der Waals surface area contributed by atoms with Crippen molar-refractivity contribution in [1.29, 1.82) is 0 Å². The molecule has 0 unspecified atom stereocenters. The van der Waals surface area contributed by atoms with Gasteiger partial charge in [0.25, 0.3) is 0 Å². The van der Waals surface area contributed by atoms with Crippen LogP contribution in [-0.2, 0) is 0 Å². The molecule has 1 aliphatic rings. The van der Waals surface area contributed by atoms with E-state index >= 15 is 0 Å². The first-order valence-corrected chi connectivity index (χ1v) is 18.0. The molecule has 1 aromatic heterocycles. The van der Waals surface area contributed by atoms with Crippen LogP contribution >= 0.6 is 0 Å². The molecule has 0 atom stereocenters. The van der Waals surface area contributed by atoms with Crippen molar-refractivity contribution in [2.45, 2.75) is 0 Å². The van der Waals surface area contributed by atoms with Gasteiger partial charge in [-0.2, -0.15) is 0 Å². The second-order valence-corrected chi connectivity index (χ2v) is 13.8. The van der Waals surface area contributed by atoms with Crippen LogP contribution in [0.1, 0.15) is 0 Å². The van der Waals surface area contributed by atoms with Gasteiger partial charge < -0.3 is 9.38 Å². The number of fused-ring (bicyclic) bond motifs is 5. The van der Waals surface area contributed by atoms with E-state index < -0.39 is 0 Å². The van der Waals surface area contributed by atoms with E-state index in [2.05, 4.69) is 211 Å².